The zero-order chi connectivity index (χ0) is 35.0. The van der Waals surface area contributed by atoms with Gasteiger partial charge in [-0.1, -0.05) is 18.7 Å². The Kier molecular flexibility index (Phi) is 12.3. The zero-order valence-corrected chi connectivity index (χ0v) is 28.4. The fourth-order valence-corrected chi connectivity index (χ4v) is 5.58. The van der Waals surface area contributed by atoms with Crippen molar-refractivity contribution in [2.45, 2.75) is 39.8 Å². The second-order valence-electron chi connectivity index (χ2n) is 11.9. The van der Waals surface area contributed by atoms with E-state index >= 15 is 0 Å². The third-order valence-electron chi connectivity index (χ3n) is 8.36. The number of methoxy groups -OCH3 is 2. The normalized spacial score (nSPS) is 15.4. The molecule has 1 saturated heterocycles. The predicted octanol–water partition coefficient (Wildman–Crippen LogP) is 4.62. The number of benzene rings is 2. The van der Waals surface area contributed by atoms with E-state index in [-0.39, 0.29) is 47.8 Å². The fourth-order valence-electron chi connectivity index (χ4n) is 5.58. The van der Waals surface area contributed by atoms with E-state index < -0.39 is 17.9 Å². The van der Waals surface area contributed by atoms with Gasteiger partial charge in [-0.25, -0.2) is 9.37 Å². The van der Waals surface area contributed by atoms with Gasteiger partial charge in [-0.05, 0) is 80.3 Å². The Hall–Kier alpha value is -4.81. The molecule has 2 N–H and O–H groups in total. The maximum atomic E-state index is 14.9. The first-order valence-electron chi connectivity index (χ1n) is 15.8. The molecule has 12 heteroatoms. The molecule has 0 saturated carbocycles. The second kappa shape index (κ2) is 16.3. The van der Waals surface area contributed by atoms with Gasteiger partial charge in [-0.15, -0.1) is 0 Å². The van der Waals surface area contributed by atoms with E-state index in [0.29, 0.717) is 60.0 Å². The van der Waals surface area contributed by atoms with Crippen LogP contribution in [-0.2, 0) is 9.53 Å². The highest BCUT2D eigenvalue weighted by atomic mass is 19.1. The molecule has 0 bridgehead atoms. The van der Waals surface area contributed by atoms with Crippen LogP contribution in [0.25, 0.3) is 0 Å². The van der Waals surface area contributed by atoms with Crippen molar-refractivity contribution < 1.29 is 33.0 Å². The number of amides is 3. The Bertz CT molecular complexity index is 1660. The molecule has 3 aromatic rings. The lowest BCUT2D eigenvalue weighted by molar-refractivity contribution is -0.130. The Morgan fingerprint density at radius 2 is 1.81 bits per heavy atom. The molecular formula is C36H44FN5O6. The SMILES string of the molecule is C=CC(=O)N1CCN(C[C@@H](Oc2cc(C)c(C(=O)Nc3ncc(OC)cc3C)cc2C(=O)NCCOC)c2ccc(C)c(F)c2)C[C@H]1C. The Morgan fingerprint density at radius 1 is 1.04 bits per heavy atom. The van der Waals surface area contributed by atoms with Crippen LogP contribution in [0.1, 0.15) is 56.0 Å². The third-order valence-corrected chi connectivity index (χ3v) is 8.36. The van der Waals surface area contributed by atoms with Crippen molar-refractivity contribution in [1.82, 2.24) is 20.1 Å². The summed E-state index contributed by atoms with van der Waals surface area (Å²) in [6, 6.07) is 9.76. The number of rotatable bonds is 13. The predicted molar refractivity (Wildman–Crippen MR) is 181 cm³/mol. The largest absolute Gasteiger partial charge is 0.495 e. The molecule has 1 fully saturated rings. The molecule has 3 amide bonds. The molecule has 0 unspecified atom stereocenters. The van der Waals surface area contributed by atoms with Crippen LogP contribution >= 0.6 is 0 Å². The van der Waals surface area contributed by atoms with E-state index in [1.165, 1.54) is 38.6 Å². The summed E-state index contributed by atoms with van der Waals surface area (Å²) in [7, 11) is 3.07. The number of hydrogen-bond donors (Lipinski definition) is 2. The van der Waals surface area contributed by atoms with Gasteiger partial charge in [-0.2, -0.15) is 0 Å². The number of halogens is 1. The second-order valence-corrected chi connectivity index (χ2v) is 11.9. The van der Waals surface area contributed by atoms with Crippen LogP contribution in [0.3, 0.4) is 0 Å². The number of hydrogen-bond acceptors (Lipinski definition) is 8. The number of nitrogens with zero attached hydrogens (tertiary/aromatic N) is 3. The molecule has 0 spiro atoms. The smallest absolute Gasteiger partial charge is 0.257 e. The van der Waals surface area contributed by atoms with E-state index in [1.807, 2.05) is 6.92 Å². The number of ether oxygens (including phenoxy) is 3. The lowest BCUT2D eigenvalue weighted by atomic mass is 10.0. The van der Waals surface area contributed by atoms with Gasteiger partial charge in [0.1, 0.15) is 29.2 Å². The minimum absolute atomic E-state index is 0.0781. The molecule has 48 heavy (non-hydrogen) atoms. The van der Waals surface area contributed by atoms with E-state index in [1.54, 1.807) is 49.9 Å². The molecule has 256 valence electrons. The van der Waals surface area contributed by atoms with Crippen molar-refractivity contribution in [2.24, 2.45) is 0 Å². The molecule has 1 aliphatic heterocycles. The van der Waals surface area contributed by atoms with Gasteiger partial charge >= 0.3 is 0 Å². The maximum Gasteiger partial charge on any atom is 0.257 e. The first kappa shape index (κ1) is 36.0. The van der Waals surface area contributed by atoms with Gasteiger partial charge in [0, 0.05) is 51.4 Å². The molecule has 2 atom stereocenters. The maximum absolute atomic E-state index is 14.9. The average Bonchev–Trinajstić information content (AvgIpc) is 3.06. The van der Waals surface area contributed by atoms with Crippen molar-refractivity contribution in [2.75, 3.05) is 58.9 Å². The number of nitrogens with one attached hydrogen (secondary N) is 2. The van der Waals surface area contributed by atoms with E-state index in [4.69, 9.17) is 14.2 Å². The summed E-state index contributed by atoms with van der Waals surface area (Å²) in [4.78, 5) is 47.6. The van der Waals surface area contributed by atoms with E-state index in [2.05, 4.69) is 27.1 Å². The molecule has 11 nitrogen and oxygen atoms in total. The van der Waals surface area contributed by atoms with Crippen LogP contribution in [0.5, 0.6) is 11.5 Å². The minimum atomic E-state index is -0.690. The average molecular weight is 662 g/mol. The fraction of sp³-hybridized carbons (Fsp3) is 0.389. The molecule has 2 heterocycles. The highest BCUT2D eigenvalue weighted by Gasteiger charge is 2.30. The van der Waals surface area contributed by atoms with E-state index in [9.17, 15) is 18.8 Å². The van der Waals surface area contributed by atoms with Crippen LogP contribution in [0.4, 0.5) is 10.2 Å². The monoisotopic (exact) mass is 661 g/mol. The molecule has 1 aromatic heterocycles. The highest BCUT2D eigenvalue weighted by molar-refractivity contribution is 6.07. The summed E-state index contributed by atoms with van der Waals surface area (Å²) >= 11 is 0. The van der Waals surface area contributed by atoms with Gasteiger partial charge in [0.15, 0.2) is 0 Å². The summed E-state index contributed by atoms with van der Waals surface area (Å²) < 4.78 is 31.8. The molecule has 0 radical (unpaired) electrons. The quantitative estimate of drug-likeness (QED) is 0.201. The van der Waals surface area contributed by atoms with Crippen molar-refractivity contribution in [1.29, 1.82) is 0 Å². The minimum Gasteiger partial charge on any atom is -0.495 e. The molecular weight excluding hydrogens is 617 g/mol. The standard InChI is InChI=1S/C36H44FN5O6/c1-8-33(43)42-13-12-41(20-25(42)5)21-32(26-10-9-22(2)30(37)17-26)48-31-16-23(3)28(18-29(31)35(44)38-11-14-46-6)36(45)40-34-24(4)15-27(47-7)19-39-34/h8-10,15-19,25,32H,1,11-14,20-21H2,2-7H3,(H,38,44)(H,39,40,45)/t25-,32-/m1/s1. The summed E-state index contributed by atoms with van der Waals surface area (Å²) in [6.45, 7) is 13.3. The number of carbonyl (C=O) groups excluding carboxylic acids is 3. The van der Waals surface area contributed by atoms with Crippen LogP contribution in [-0.4, -0.2) is 92.1 Å². The van der Waals surface area contributed by atoms with Crippen LogP contribution < -0.4 is 20.1 Å². The lowest BCUT2D eigenvalue weighted by Gasteiger charge is -2.40. The third kappa shape index (κ3) is 8.75. The van der Waals surface area contributed by atoms with Gasteiger partial charge in [0.05, 0.1) is 25.5 Å². The molecule has 2 aromatic carbocycles. The van der Waals surface area contributed by atoms with Gasteiger partial charge in [0.2, 0.25) is 5.91 Å². The van der Waals surface area contributed by atoms with E-state index in [0.717, 1.165) is 0 Å². The lowest BCUT2D eigenvalue weighted by Crippen LogP contribution is -2.54. The summed E-state index contributed by atoms with van der Waals surface area (Å²) in [5.74, 6) is -0.272. The number of pyridine rings is 1. The van der Waals surface area contributed by atoms with Gasteiger partial charge in [-0.3, -0.25) is 19.3 Å². The number of piperazine rings is 1. The first-order valence-corrected chi connectivity index (χ1v) is 15.8. The molecule has 4 rings (SSSR count). The van der Waals surface area contributed by atoms with Crippen molar-refractivity contribution in [3.8, 4) is 11.5 Å². The number of carbonyl (C=O) groups is 3. The zero-order valence-electron chi connectivity index (χ0n) is 28.4. The number of aromatic nitrogens is 1. The highest BCUT2D eigenvalue weighted by Crippen LogP contribution is 2.31. The van der Waals surface area contributed by atoms with Crippen molar-refractivity contribution in [3.63, 3.8) is 0 Å². The van der Waals surface area contributed by atoms with Crippen molar-refractivity contribution in [3.05, 3.63) is 94.4 Å². The summed E-state index contributed by atoms with van der Waals surface area (Å²) in [6.07, 6.45) is 2.13. The molecule has 0 aliphatic carbocycles. The Morgan fingerprint density at radius 3 is 2.46 bits per heavy atom. The molecule has 1 aliphatic rings. The summed E-state index contributed by atoms with van der Waals surface area (Å²) in [5.41, 5.74) is 2.73. The van der Waals surface area contributed by atoms with Crippen LogP contribution in [0.2, 0.25) is 0 Å². The van der Waals surface area contributed by atoms with Crippen LogP contribution in [0.15, 0.2) is 55.3 Å². The van der Waals surface area contributed by atoms with Gasteiger partial charge < -0.3 is 29.7 Å². The number of aryl methyl sites for hydroxylation is 3. The Balaban J connectivity index is 1.69. The van der Waals surface area contributed by atoms with Crippen molar-refractivity contribution >= 4 is 23.5 Å². The first-order chi connectivity index (χ1) is 22.9. The van der Waals surface area contributed by atoms with Crippen LogP contribution in [0, 0.1) is 26.6 Å². The Labute approximate surface area is 281 Å². The number of anilines is 1. The topological polar surface area (TPSA) is 122 Å². The summed E-state index contributed by atoms with van der Waals surface area (Å²) in [5, 5.41) is 5.65. The van der Waals surface area contributed by atoms with Gasteiger partial charge in [0.25, 0.3) is 11.8 Å².